The van der Waals surface area contributed by atoms with E-state index in [0.717, 1.165) is 89.3 Å². The number of hydrogen-bond donors (Lipinski definition) is 4. The van der Waals surface area contributed by atoms with Crippen LogP contribution in [0, 0.1) is 0 Å². The summed E-state index contributed by atoms with van der Waals surface area (Å²) in [6, 6.07) is 4.85. The van der Waals surface area contributed by atoms with Gasteiger partial charge in [-0.05, 0) is 64.1 Å². The number of nitrogens with zero attached hydrogens (tertiary/aromatic N) is 6. The molecule has 0 atom stereocenters. The van der Waals surface area contributed by atoms with Gasteiger partial charge in [0.1, 0.15) is 11.6 Å². The lowest BCUT2D eigenvalue weighted by Crippen LogP contribution is -2.52. The molecule has 2 aliphatic heterocycles. The van der Waals surface area contributed by atoms with E-state index in [1.807, 2.05) is 19.1 Å². The Hall–Kier alpha value is -3.02. The van der Waals surface area contributed by atoms with Crippen molar-refractivity contribution < 1.29 is 9.90 Å². The number of aliphatic hydroxyl groups excluding tert-OH is 1. The molecule has 212 valence electrons. The van der Waals surface area contributed by atoms with E-state index in [1.165, 1.54) is 0 Å². The third kappa shape index (κ3) is 6.77. The number of carbonyl (C=O) groups is 1. The average Bonchev–Trinajstić information content (AvgIpc) is 2.95. The molecule has 0 spiro atoms. The molecule has 0 unspecified atom stereocenters. The Morgan fingerprint density at radius 1 is 1.00 bits per heavy atom. The predicted molar refractivity (Wildman–Crippen MR) is 154 cm³/mol. The van der Waals surface area contributed by atoms with Gasteiger partial charge in [-0.2, -0.15) is 0 Å². The molecule has 11 heteroatoms. The predicted octanol–water partition coefficient (Wildman–Crippen LogP) is 2.21. The van der Waals surface area contributed by atoms with Gasteiger partial charge in [-0.25, -0.2) is 15.0 Å². The first-order chi connectivity index (χ1) is 18.9. The highest BCUT2D eigenvalue weighted by Crippen LogP contribution is 2.28. The minimum atomic E-state index is -0.625. The number of aliphatic hydroxyl groups is 1. The van der Waals surface area contributed by atoms with Gasteiger partial charge in [-0.3, -0.25) is 9.69 Å². The smallest absolute Gasteiger partial charge is 0.271 e. The van der Waals surface area contributed by atoms with Gasteiger partial charge in [0.25, 0.3) is 5.91 Å². The van der Waals surface area contributed by atoms with Gasteiger partial charge >= 0.3 is 0 Å². The summed E-state index contributed by atoms with van der Waals surface area (Å²) in [6.07, 6.45) is 7.74. The Bertz CT molecular complexity index is 1100. The first kappa shape index (κ1) is 27.5. The van der Waals surface area contributed by atoms with Gasteiger partial charge < -0.3 is 31.3 Å². The van der Waals surface area contributed by atoms with Crippen molar-refractivity contribution in [1.29, 1.82) is 0 Å². The summed E-state index contributed by atoms with van der Waals surface area (Å²) < 4.78 is 0. The van der Waals surface area contributed by atoms with Gasteiger partial charge in [0.15, 0.2) is 11.5 Å². The van der Waals surface area contributed by atoms with Crippen molar-refractivity contribution in [3.05, 3.63) is 29.7 Å². The number of amides is 1. The number of aryl methyl sites for hydroxylation is 1. The molecule has 0 bridgehead atoms. The third-order valence-corrected chi connectivity index (χ3v) is 8.43. The first-order valence-corrected chi connectivity index (χ1v) is 14.5. The Balaban J connectivity index is 1.24. The number of nitrogens with one attached hydrogen (secondary N) is 2. The lowest BCUT2D eigenvalue weighted by atomic mass is 9.93. The number of carbonyl (C=O) groups excluding carboxylic acids is 1. The fraction of sp³-hybridized carbons (Fsp3) is 0.643. The zero-order chi connectivity index (χ0) is 27.4. The average molecular weight is 538 g/mol. The normalized spacial score (nSPS) is 23.5. The molecule has 3 aliphatic rings. The maximum Gasteiger partial charge on any atom is 0.271 e. The summed E-state index contributed by atoms with van der Waals surface area (Å²) in [5.74, 6) is 1.31. The number of primary amides is 1. The zero-order valence-corrected chi connectivity index (χ0v) is 23.3. The standard InChI is InChI=1S/C28H43N9O2/c1-3-23-27(31-19-4-7-22(38)8-5-19)34-28(25(33-23)26(29)39)32-20-6-9-24(30-18-20)37-12-10-21(11-13-37)36-16-14-35(2)15-17-36/h6,9,18-19,21-22,38H,3-5,7-8,10-17H2,1-2H3,(H2,29,39)(H2,31,32,34)/t19-,22-. The highest BCUT2D eigenvalue weighted by molar-refractivity contribution is 5.96. The number of pyridine rings is 1. The molecule has 5 N–H and O–H groups in total. The molecule has 3 fully saturated rings. The molecule has 1 amide bonds. The first-order valence-electron chi connectivity index (χ1n) is 14.5. The molecule has 2 aromatic heterocycles. The van der Waals surface area contributed by atoms with E-state index in [1.54, 1.807) is 6.20 Å². The maximum absolute atomic E-state index is 12.2. The number of nitrogens with two attached hydrogens (primary N) is 1. The second-order valence-corrected chi connectivity index (χ2v) is 11.2. The monoisotopic (exact) mass is 537 g/mol. The number of piperazine rings is 1. The number of rotatable bonds is 8. The fourth-order valence-electron chi connectivity index (χ4n) is 5.94. The second-order valence-electron chi connectivity index (χ2n) is 11.2. The molecule has 11 nitrogen and oxygen atoms in total. The van der Waals surface area contributed by atoms with E-state index in [4.69, 9.17) is 15.7 Å². The Morgan fingerprint density at radius 2 is 1.72 bits per heavy atom. The number of piperidine rings is 1. The van der Waals surface area contributed by atoms with Crippen molar-refractivity contribution in [2.45, 2.75) is 70.1 Å². The fourth-order valence-corrected chi connectivity index (χ4v) is 5.94. The van der Waals surface area contributed by atoms with Crippen LogP contribution < -0.4 is 21.3 Å². The van der Waals surface area contributed by atoms with Crippen molar-refractivity contribution in [2.75, 3.05) is 61.8 Å². The summed E-state index contributed by atoms with van der Waals surface area (Å²) in [5.41, 5.74) is 7.22. The van der Waals surface area contributed by atoms with E-state index in [-0.39, 0.29) is 17.8 Å². The zero-order valence-electron chi connectivity index (χ0n) is 23.3. The molecule has 1 aliphatic carbocycles. The highest BCUT2D eigenvalue weighted by atomic mass is 16.3. The topological polar surface area (TPSA) is 136 Å². The number of hydrogen-bond acceptors (Lipinski definition) is 10. The van der Waals surface area contributed by atoms with Crippen LogP contribution in [-0.4, -0.2) is 100 Å². The van der Waals surface area contributed by atoms with E-state index >= 15 is 0 Å². The third-order valence-electron chi connectivity index (χ3n) is 8.43. The van der Waals surface area contributed by atoms with Gasteiger partial charge in [0, 0.05) is 51.4 Å². The van der Waals surface area contributed by atoms with Crippen LogP contribution in [0.25, 0.3) is 0 Å². The van der Waals surface area contributed by atoms with Crippen molar-refractivity contribution in [3.8, 4) is 0 Å². The second kappa shape index (κ2) is 12.4. The van der Waals surface area contributed by atoms with Crippen LogP contribution in [0.5, 0.6) is 0 Å². The van der Waals surface area contributed by atoms with Gasteiger partial charge in [-0.1, -0.05) is 6.92 Å². The largest absolute Gasteiger partial charge is 0.393 e. The van der Waals surface area contributed by atoms with Crippen molar-refractivity contribution in [3.63, 3.8) is 0 Å². The van der Waals surface area contributed by atoms with Crippen molar-refractivity contribution in [1.82, 2.24) is 24.8 Å². The minimum Gasteiger partial charge on any atom is -0.393 e. The van der Waals surface area contributed by atoms with Crippen molar-refractivity contribution in [2.24, 2.45) is 5.73 Å². The molecule has 4 heterocycles. The molecule has 1 saturated carbocycles. The van der Waals surface area contributed by atoms with Crippen molar-refractivity contribution >= 4 is 29.0 Å². The lowest BCUT2D eigenvalue weighted by Gasteiger charge is -2.42. The van der Waals surface area contributed by atoms with Gasteiger partial charge in [0.05, 0.1) is 23.7 Å². The molecular formula is C28H43N9O2. The molecule has 2 aromatic rings. The minimum absolute atomic E-state index is 0.117. The molecule has 5 rings (SSSR count). The van der Waals surface area contributed by atoms with E-state index in [9.17, 15) is 9.90 Å². The molecular weight excluding hydrogens is 494 g/mol. The van der Waals surface area contributed by atoms with Crippen LogP contribution in [0.3, 0.4) is 0 Å². The summed E-state index contributed by atoms with van der Waals surface area (Å²) in [7, 11) is 2.20. The molecule has 0 aromatic carbocycles. The Labute approximate surface area is 231 Å². The number of anilines is 4. The summed E-state index contributed by atoms with van der Waals surface area (Å²) in [4.78, 5) is 33.7. The number of aromatic nitrogens is 3. The quantitative estimate of drug-likeness (QED) is 0.397. The van der Waals surface area contributed by atoms with Gasteiger partial charge in [0.2, 0.25) is 0 Å². The van der Waals surface area contributed by atoms with Crippen LogP contribution in [0.2, 0.25) is 0 Å². The molecule has 0 radical (unpaired) electrons. The summed E-state index contributed by atoms with van der Waals surface area (Å²) >= 11 is 0. The highest BCUT2D eigenvalue weighted by Gasteiger charge is 2.27. The summed E-state index contributed by atoms with van der Waals surface area (Å²) in [5, 5.41) is 16.6. The van der Waals surface area contributed by atoms with Crippen LogP contribution in [0.1, 0.15) is 61.6 Å². The lowest BCUT2D eigenvalue weighted by molar-refractivity contribution is 0.0981. The summed E-state index contributed by atoms with van der Waals surface area (Å²) in [6.45, 7) is 8.61. The Morgan fingerprint density at radius 3 is 2.33 bits per heavy atom. The van der Waals surface area contributed by atoms with E-state index in [0.29, 0.717) is 29.8 Å². The Kier molecular flexibility index (Phi) is 8.79. The van der Waals surface area contributed by atoms with E-state index in [2.05, 4.69) is 37.4 Å². The van der Waals surface area contributed by atoms with Crippen LogP contribution in [0.4, 0.5) is 23.1 Å². The van der Waals surface area contributed by atoms with E-state index < -0.39 is 5.91 Å². The van der Waals surface area contributed by atoms with Gasteiger partial charge in [-0.15, -0.1) is 0 Å². The molecule has 39 heavy (non-hydrogen) atoms. The SMILES string of the molecule is CCc1nc(C(N)=O)c(Nc2ccc(N3CCC(N4CCN(C)CC4)CC3)nc2)nc1N[C@H]1CC[C@H](O)CC1. The van der Waals surface area contributed by atoms with Crippen LogP contribution in [-0.2, 0) is 6.42 Å². The van der Waals surface area contributed by atoms with Crippen LogP contribution in [0.15, 0.2) is 18.3 Å². The maximum atomic E-state index is 12.2. The van der Waals surface area contributed by atoms with Crippen LogP contribution >= 0.6 is 0 Å². The molecule has 2 saturated heterocycles. The number of likely N-dealkylation sites (N-methyl/N-ethyl adjacent to an activating group) is 1.